The summed E-state index contributed by atoms with van der Waals surface area (Å²) in [5.74, 6) is 0.163. The molecule has 3 unspecified atom stereocenters. The van der Waals surface area contributed by atoms with E-state index in [1.54, 1.807) is 12.0 Å². The molecular weight excluding hydrogens is 244 g/mol. The van der Waals surface area contributed by atoms with Crippen LogP contribution in [0.2, 0.25) is 0 Å². The van der Waals surface area contributed by atoms with E-state index in [1.165, 1.54) is 0 Å². The van der Waals surface area contributed by atoms with Gasteiger partial charge >= 0.3 is 0 Å². The number of carbonyl (C=O) groups excluding carboxylic acids is 2. The third kappa shape index (κ3) is 3.69. The summed E-state index contributed by atoms with van der Waals surface area (Å²) in [6.45, 7) is 7.01. The SMILES string of the molecule is CCCC1NC(=O)C(C(C)CC)N(CCOC)C1=O. The number of hydrogen-bond acceptors (Lipinski definition) is 3. The van der Waals surface area contributed by atoms with Gasteiger partial charge in [-0.25, -0.2) is 0 Å². The van der Waals surface area contributed by atoms with Gasteiger partial charge in [0.05, 0.1) is 6.61 Å². The quantitative estimate of drug-likeness (QED) is 0.755. The van der Waals surface area contributed by atoms with Gasteiger partial charge in [-0.2, -0.15) is 0 Å². The fraction of sp³-hybridized carbons (Fsp3) is 0.857. The van der Waals surface area contributed by atoms with Crippen LogP contribution in [0.4, 0.5) is 0 Å². The molecule has 0 aromatic carbocycles. The Morgan fingerprint density at radius 2 is 2.05 bits per heavy atom. The van der Waals surface area contributed by atoms with Crippen LogP contribution in [0.15, 0.2) is 0 Å². The second-order valence-electron chi connectivity index (χ2n) is 5.20. The molecule has 1 heterocycles. The summed E-state index contributed by atoms with van der Waals surface area (Å²) in [6.07, 6.45) is 2.44. The normalized spacial score (nSPS) is 25.4. The van der Waals surface area contributed by atoms with E-state index in [-0.39, 0.29) is 29.8 Å². The fourth-order valence-electron chi connectivity index (χ4n) is 2.51. The number of nitrogens with zero attached hydrogens (tertiary/aromatic N) is 1. The Balaban J connectivity index is 2.89. The van der Waals surface area contributed by atoms with Gasteiger partial charge < -0.3 is 15.0 Å². The number of methoxy groups -OCH3 is 1. The van der Waals surface area contributed by atoms with E-state index >= 15 is 0 Å². The van der Waals surface area contributed by atoms with Crippen LogP contribution in [0, 0.1) is 5.92 Å². The molecular formula is C14H26N2O3. The van der Waals surface area contributed by atoms with Crippen LogP contribution in [-0.2, 0) is 14.3 Å². The molecule has 5 heteroatoms. The van der Waals surface area contributed by atoms with Crippen molar-refractivity contribution in [2.45, 2.75) is 52.1 Å². The Morgan fingerprint density at radius 3 is 2.58 bits per heavy atom. The minimum absolute atomic E-state index is 0.0245. The van der Waals surface area contributed by atoms with Crippen molar-refractivity contribution in [2.24, 2.45) is 5.92 Å². The molecule has 1 N–H and O–H groups in total. The van der Waals surface area contributed by atoms with Crippen molar-refractivity contribution in [3.8, 4) is 0 Å². The van der Waals surface area contributed by atoms with E-state index in [4.69, 9.17) is 4.74 Å². The summed E-state index contributed by atoms with van der Waals surface area (Å²) in [5.41, 5.74) is 0. The summed E-state index contributed by atoms with van der Waals surface area (Å²) in [4.78, 5) is 26.4. The third-order valence-corrected chi connectivity index (χ3v) is 3.80. The standard InChI is InChI=1S/C14H26N2O3/c1-5-7-11-14(18)16(8-9-19-4)12(10(3)6-2)13(17)15-11/h10-12H,5-9H2,1-4H3,(H,15,17). The average molecular weight is 270 g/mol. The molecule has 1 saturated heterocycles. The topological polar surface area (TPSA) is 58.6 Å². The summed E-state index contributed by atoms with van der Waals surface area (Å²) in [7, 11) is 1.61. The number of carbonyl (C=O) groups is 2. The van der Waals surface area contributed by atoms with Gasteiger partial charge in [-0.05, 0) is 12.3 Å². The Hall–Kier alpha value is -1.10. The van der Waals surface area contributed by atoms with Crippen molar-refractivity contribution < 1.29 is 14.3 Å². The van der Waals surface area contributed by atoms with Crippen molar-refractivity contribution in [1.29, 1.82) is 0 Å². The molecule has 0 spiro atoms. The monoisotopic (exact) mass is 270 g/mol. The van der Waals surface area contributed by atoms with Crippen molar-refractivity contribution in [1.82, 2.24) is 10.2 Å². The van der Waals surface area contributed by atoms with Crippen LogP contribution < -0.4 is 5.32 Å². The number of ether oxygens (including phenoxy) is 1. The number of hydrogen-bond donors (Lipinski definition) is 1. The predicted molar refractivity (Wildman–Crippen MR) is 73.7 cm³/mol. The van der Waals surface area contributed by atoms with Gasteiger partial charge in [0.15, 0.2) is 0 Å². The third-order valence-electron chi connectivity index (χ3n) is 3.80. The molecule has 3 atom stereocenters. The molecule has 5 nitrogen and oxygen atoms in total. The highest BCUT2D eigenvalue weighted by Gasteiger charge is 2.41. The molecule has 0 aliphatic carbocycles. The molecule has 0 aromatic rings. The van der Waals surface area contributed by atoms with Crippen molar-refractivity contribution >= 4 is 11.8 Å². The maximum absolute atomic E-state index is 12.5. The lowest BCUT2D eigenvalue weighted by molar-refractivity contribution is -0.152. The second kappa shape index (κ2) is 7.48. The highest BCUT2D eigenvalue weighted by molar-refractivity contribution is 5.97. The summed E-state index contributed by atoms with van der Waals surface area (Å²) in [6, 6.07) is -0.726. The van der Waals surface area contributed by atoms with E-state index in [1.807, 2.05) is 20.8 Å². The van der Waals surface area contributed by atoms with Crippen LogP contribution >= 0.6 is 0 Å². The highest BCUT2D eigenvalue weighted by Crippen LogP contribution is 2.21. The minimum atomic E-state index is -0.366. The Labute approximate surface area is 115 Å². The lowest BCUT2D eigenvalue weighted by Crippen LogP contribution is -2.65. The lowest BCUT2D eigenvalue weighted by Gasteiger charge is -2.41. The van der Waals surface area contributed by atoms with Crippen LogP contribution in [0.1, 0.15) is 40.0 Å². The highest BCUT2D eigenvalue weighted by atomic mass is 16.5. The van der Waals surface area contributed by atoms with E-state index in [2.05, 4.69) is 5.32 Å². The molecule has 1 rings (SSSR count). The maximum atomic E-state index is 12.5. The average Bonchev–Trinajstić information content (AvgIpc) is 2.40. The molecule has 0 saturated carbocycles. The van der Waals surface area contributed by atoms with Crippen LogP contribution in [0.25, 0.3) is 0 Å². The van der Waals surface area contributed by atoms with E-state index < -0.39 is 0 Å². The number of piperazine rings is 1. The number of rotatable bonds is 7. The largest absolute Gasteiger partial charge is 0.383 e. The van der Waals surface area contributed by atoms with Crippen molar-refractivity contribution in [2.75, 3.05) is 20.3 Å². The van der Waals surface area contributed by atoms with Crippen LogP contribution in [0.3, 0.4) is 0 Å². The number of amides is 2. The Morgan fingerprint density at radius 1 is 1.37 bits per heavy atom. The summed E-state index contributed by atoms with van der Waals surface area (Å²) >= 11 is 0. The first-order valence-electron chi connectivity index (χ1n) is 7.16. The van der Waals surface area contributed by atoms with Crippen LogP contribution in [0.5, 0.6) is 0 Å². The smallest absolute Gasteiger partial charge is 0.245 e. The minimum Gasteiger partial charge on any atom is -0.383 e. The summed E-state index contributed by atoms with van der Waals surface area (Å²) < 4.78 is 5.06. The fourth-order valence-corrected chi connectivity index (χ4v) is 2.51. The first-order chi connectivity index (χ1) is 9.06. The van der Waals surface area contributed by atoms with Gasteiger partial charge in [0.2, 0.25) is 11.8 Å². The maximum Gasteiger partial charge on any atom is 0.245 e. The van der Waals surface area contributed by atoms with Gasteiger partial charge in [-0.1, -0.05) is 33.6 Å². The Bertz CT molecular complexity index is 320. The molecule has 110 valence electrons. The molecule has 1 aliphatic rings. The molecule has 2 amide bonds. The van der Waals surface area contributed by atoms with Gasteiger partial charge in [0, 0.05) is 13.7 Å². The Kier molecular flexibility index (Phi) is 6.28. The van der Waals surface area contributed by atoms with Gasteiger partial charge in [0.1, 0.15) is 12.1 Å². The zero-order chi connectivity index (χ0) is 14.4. The molecule has 0 bridgehead atoms. The zero-order valence-corrected chi connectivity index (χ0v) is 12.4. The van der Waals surface area contributed by atoms with Crippen LogP contribution in [-0.4, -0.2) is 49.1 Å². The van der Waals surface area contributed by atoms with E-state index in [0.717, 1.165) is 12.8 Å². The molecule has 1 aliphatic heterocycles. The molecule has 1 fully saturated rings. The van der Waals surface area contributed by atoms with Gasteiger partial charge in [0.25, 0.3) is 0 Å². The van der Waals surface area contributed by atoms with E-state index in [0.29, 0.717) is 19.6 Å². The van der Waals surface area contributed by atoms with Crippen molar-refractivity contribution in [3.05, 3.63) is 0 Å². The lowest BCUT2D eigenvalue weighted by atomic mass is 9.92. The number of nitrogens with one attached hydrogen (secondary N) is 1. The first-order valence-corrected chi connectivity index (χ1v) is 7.16. The predicted octanol–water partition coefficient (Wildman–Crippen LogP) is 1.17. The molecule has 19 heavy (non-hydrogen) atoms. The van der Waals surface area contributed by atoms with Crippen molar-refractivity contribution in [3.63, 3.8) is 0 Å². The second-order valence-corrected chi connectivity index (χ2v) is 5.20. The van der Waals surface area contributed by atoms with Gasteiger partial charge in [-0.3, -0.25) is 9.59 Å². The molecule has 0 aromatic heterocycles. The zero-order valence-electron chi connectivity index (χ0n) is 12.4. The molecule has 0 radical (unpaired) electrons. The summed E-state index contributed by atoms with van der Waals surface area (Å²) in [5, 5.41) is 2.87. The van der Waals surface area contributed by atoms with Gasteiger partial charge in [-0.15, -0.1) is 0 Å². The van der Waals surface area contributed by atoms with E-state index in [9.17, 15) is 9.59 Å². The first kappa shape index (κ1) is 16.0.